The molecule has 1 N–H and O–H groups in total. The van der Waals surface area contributed by atoms with E-state index in [0.29, 0.717) is 6.54 Å². The number of aromatic nitrogens is 2. The van der Waals surface area contributed by atoms with E-state index >= 15 is 0 Å². The molecule has 0 aliphatic carbocycles. The molecule has 0 saturated carbocycles. The maximum Gasteiger partial charge on any atom is 0.122 e. The molecule has 114 valence electrons. The zero-order chi connectivity index (χ0) is 15.4. The van der Waals surface area contributed by atoms with Crippen LogP contribution in [0.1, 0.15) is 24.4 Å². The van der Waals surface area contributed by atoms with E-state index in [0.717, 1.165) is 17.1 Å². The molecule has 0 aliphatic rings. The number of benzene rings is 1. The minimum atomic E-state index is -0.554. The van der Waals surface area contributed by atoms with Gasteiger partial charge in [0, 0.05) is 25.5 Å². The van der Waals surface area contributed by atoms with Crippen molar-refractivity contribution < 1.29 is 9.84 Å². The Hall–Kier alpha value is -1.85. The van der Waals surface area contributed by atoms with Crippen LogP contribution in [0.2, 0.25) is 0 Å². The van der Waals surface area contributed by atoms with E-state index in [9.17, 15) is 5.11 Å². The first-order valence-electron chi connectivity index (χ1n) is 7.01. The Morgan fingerprint density at radius 2 is 2.00 bits per heavy atom. The Morgan fingerprint density at radius 1 is 1.33 bits per heavy atom. The van der Waals surface area contributed by atoms with E-state index in [1.165, 1.54) is 0 Å². The lowest BCUT2D eigenvalue weighted by Crippen LogP contribution is -2.34. The number of nitrogens with zero attached hydrogens (tertiary/aromatic N) is 3. The summed E-state index contributed by atoms with van der Waals surface area (Å²) in [6, 6.07) is 7.51. The third-order valence-electron chi connectivity index (χ3n) is 3.92. The summed E-state index contributed by atoms with van der Waals surface area (Å²) in [4.78, 5) is 6.41. The van der Waals surface area contributed by atoms with Gasteiger partial charge in [-0.1, -0.05) is 12.1 Å². The summed E-state index contributed by atoms with van der Waals surface area (Å²) in [5.74, 6) is 1.77. The van der Waals surface area contributed by atoms with Crippen molar-refractivity contribution in [2.45, 2.75) is 25.6 Å². The second-order valence-corrected chi connectivity index (χ2v) is 5.33. The van der Waals surface area contributed by atoms with E-state index in [-0.39, 0.29) is 6.04 Å². The van der Waals surface area contributed by atoms with Gasteiger partial charge in [-0.15, -0.1) is 0 Å². The third-order valence-corrected chi connectivity index (χ3v) is 3.92. The van der Waals surface area contributed by atoms with Crippen molar-refractivity contribution in [2.75, 3.05) is 14.2 Å². The summed E-state index contributed by atoms with van der Waals surface area (Å²) >= 11 is 0. The van der Waals surface area contributed by atoms with Crippen LogP contribution in [0.5, 0.6) is 5.75 Å². The fourth-order valence-corrected chi connectivity index (χ4v) is 2.24. The van der Waals surface area contributed by atoms with Gasteiger partial charge in [-0.2, -0.15) is 0 Å². The average molecular weight is 289 g/mol. The number of likely N-dealkylation sites (N-methyl/N-ethyl adjacent to an activating group) is 1. The van der Waals surface area contributed by atoms with Crippen molar-refractivity contribution in [2.24, 2.45) is 7.05 Å². The van der Waals surface area contributed by atoms with E-state index in [2.05, 4.69) is 9.88 Å². The molecule has 1 heterocycles. The van der Waals surface area contributed by atoms with Crippen LogP contribution in [0.15, 0.2) is 36.7 Å². The number of aryl methyl sites for hydroxylation is 1. The second kappa shape index (κ2) is 6.74. The van der Waals surface area contributed by atoms with Crippen molar-refractivity contribution >= 4 is 0 Å². The second-order valence-electron chi connectivity index (χ2n) is 5.33. The highest BCUT2D eigenvalue weighted by Crippen LogP contribution is 2.23. The van der Waals surface area contributed by atoms with Crippen LogP contribution in [0, 0.1) is 0 Å². The van der Waals surface area contributed by atoms with Crippen molar-refractivity contribution in [3.63, 3.8) is 0 Å². The van der Waals surface area contributed by atoms with Crippen LogP contribution >= 0.6 is 0 Å². The maximum absolute atomic E-state index is 10.5. The molecule has 0 spiro atoms. The number of aliphatic hydroxyl groups excluding tert-OH is 1. The van der Waals surface area contributed by atoms with Gasteiger partial charge < -0.3 is 14.4 Å². The molecule has 2 unspecified atom stereocenters. The molecular weight excluding hydrogens is 266 g/mol. The molecule has 0 fully saturated rings. The van der Waals surface area contributed by atoms with Crippen molar-refractivity contribution in [3.8, 4) is 5.75 Å². The van der Waals surface area contributed by atoms with Gasteiger partial charge in [0.25, 0.3) is 0 Å². The standard InChI is InChI=1S/C16H23N3O2/c1-12(19(3)11-15-17-9-10-18(15)2)16(20)13-5-7-14(21-4)8-6-13/h5-10,12,16,20H,11H2,1-4H3. The highest BCUT2D eigenvalue weighted by atomic mass is 16.5. The van der Waals surface area contributed by atoms with Gasteiger partial charge in [-0.05, 0) is 31.7 Å². The summed E-state index contributed by atoms with van der Waals surface area (Å²) < 4.78 is 7.13. The SMILES string of the molecule is COc1ccc(C(O)C(C)N(C)Cc2nccn2C)cc1. The summed E-state index contributed by atoms with van der Waals surface area (Å²) in [5, 5.41) is 10.5. The number of hydrogen-bond acceptors (Lipinski definition) is 4. The monoisotopic (exact) mass is 289 g/mol. The molecule has 5 heteroatoms. The van der Waals surface area contributed by atoms with Crippen LogP contribution in [0.3, 0.4) is 0 Å². The number of imidazole rings is 1. The van der Waals surface area contributed by atoms with Gasteiger partial charge in [0.2, 0.25) is 0 Å². The van der Waals surface area contributed by atoms with E-state index in [1.807, 2.05) is 56.0 Å². The van der Waals surface area contributed by atoms with Crippen molar-refractivity contribution in [3.05, 3.63) is 48.0 Å². The molecule has 0 saturated heterocycles. The van der Waals surface area contributed by atoms with Gasteiger partial charge in [0.15, 0.2) is 0 Å². The summed E-state index contributed by atoms with van der Waals surface area (Å²) in [6.07, 6.45) is 3.16. The first-order chi connectivity index (χ1) is 10.0. The van der Waals surface area contributed by atoms with Crippen LogP contribution in [-0.2, 0) is 13.6 Å². The predicted octanol–water partition coefficient (Wildman–Crippen LogP) is 1.98. The Bertz CT molecular complexity index is 565. The lowest BCUT2D eigenvalue weighted by Gasteiger charge is -2.29. The topological polar surface area (TPSA) is 50.5 Å². The molecule has 2 aromatic rings. The van der Waals surface area contributed by atoms with Gasteiger partial charge in [-0.25, -0.2) is 4.98 Å². The zero-order valence-corrected chi connectivity index (χ0v) is 13.0. The quantitative estimate of drug-likeness (QED) is 0.883. The van der Waals surface area contributed by atoms with Crippen LogP contribution < -0.4 is 4.74 Å². The largest absolute Gasteiger partial charge is 0.497 e. The fraction of sp³-hybridized carbons (Fsp3) is 0.438. The number of aliphatic hydroxyl groups is 1. The Labute approximate surface area is 125 Å². The van der Waals surface area contributed by atoms with Crippen LogP contribution in [-0.4, -0.2) is 39.8 Å². The minimum Gasteiger partial charge on any atom is -0.497 e. The normalized spacial score (nSPS) is 14.2. The highest BCUT2D eigenvalue weighted by molar-refractivity contribution is 5.29. The molecule has 0 bridgehead atoms. The molecule has 0 radical (unpaired) electrons. The minimum absolute atomic E-state index is 0.0184. The van der Waals surface area contributed by atoms with Crippen LogP contribution in [0.25, 0.3) is 0 Å². The number of rotatable bonds is 6. The number of methoxy groups -OCH3 is 1. The van der Waals surface area contributed by atoms with Crippen LogP contribution in [0.4, 0.5) is 0 Å². The number of hydrogen-bond donors (Lipinski definition) is 1. The van der Waals surface area contributed by atoms with Crippen molar-refractivity contribution in [1.29, 1.82) is 0 Å². The molecule has 2 rings (SSSR count). The van der Waals surface area contributed by atoms with E-state index in [1.54, 1.807) is 13.3 Å². The predicted molar refractivity (Wildman–Crippen MR) is 82.1 cm³/mol. The smallest absolute Gasteiger partial charge is 0.122 e. The summed E-state index contributed by atoms with van der Waals surface area (Å²) in [6.45, 7) is 2.70. The van der Waals surface area contributed by atoms with Gasteiger partial charge in [-0.3, -0.25) is 4.90 Å². The molecule has 0 aliphatic heterocycles. The third kappa shape index (κ3) is 3.62. The summed E-state index contributed by atoms with van der Waals surface area (Å²) in [5.41, 5.74) is 0.884. The molecular formula is C16H23N3O2. The maximum atomic E-state index is 10.5. The fourth-order valence-electron chi connectivity index (χ4n) is 2.24. The van der Waals surface area contributed by atoms with Gasteiger partial charge >= 0.3 is 0 Å². The first-order valence-corrected chi connectivity index (χ1v) is 7.01. The first kappa shape index (κ1) is 15.5. The Balaban J connectivity index is 2.03. The Morgan fingerprint density at radius 3 is 2.52 bits per heavy atom. The lowest BCUT2D eigenvalue weighted by atomic mass is 10.0. The molecule has 21 heavy (non-hydrogen) atoms. The molecule has 2 atom stereocenters. The van der Waals surface area contributed by atoms with Gasteiger partial charge in [0.1, 0.15) is 11.6 Å². The summed E-state index contributed by atoms with van der Waals surface area (Å²) in [7, 11) is 5.60. The lowest BCUT2D eigenvalue weighted by molar-refractivity contribution is 0.0671. The molecule has 1 aromatic heterocycles. The number of ether oxygens (including phenoxy) is 1. The highest BCUT2D eigenvalue weighted by Gasteiger charge is 2.21. The van der Waals surface area contributed by atoms with Gasteiger partial charge in [0.05, 0.1) is 19.8 Å². The molecule has 0 amide bonds. The van der Waals surface area contributed by atoms with E-state index < -0.39 is 6.10 Å². The zero-order valence-electron chi connectivity index (χ0n) is 13.0. The molecule has 1 aromatic carbocycles. The Kier molecular flexibility index (Phi) is 4.98. The molecule has 5 nitrogen and oxygen atoms in total. The average Bonchev–Trinajstić information content (AvgIpc) is 2.91. The van der Waals surface area contributed by atoms with Crippen molar-refractivity contribution in [1.82, 2.24) is 14.5 Å². The van der Waals surface area contributed by atoms with E-state index in [4.69, 9.17) is 4.74 Å².